The molecular formula is C25H24N2O3S. The molecule has 5 rings (SSSR count). The lowest BCUT2D eigenvalue weighted by molar-refractivity contribution is 0.0734. The number of carbonyl (C=O) groups excluding carboxylic acids is 2. The van der Waals surface area contributed by atoms with Crippen molar-refractivity contribution in [2.45, 2.75) is 39.3 Å². The number of hydrogen-bond donors (Lipinski definition) is 2. The highest BCUT2D eigenvalue weighted by molar-refractivity contribution is 7.16. The fraction of sp³-hybridized carbons (Fsp3) is 0.280. The van der Waals surface area contributed by atoms with Gasteiger partial charge in [-0.3, -0.25) is 4.79 Å². The largest absolute Gasteiger partial charge is 0.423 e. The number of thiophene rings is 1. The SMILES string of the molecule is Cc1ccc(C(=O)Oc2ccc([C@H]3NC(=O)c4c(sc5c4CC[C@H](C)C5)N3)cc2)cc1. The Morgan fingerprint density at radius 3 is 2.55 bits per heavy atom. The van der Waals surface area contributed by atoms with Crippen LogP contribution in [0, 0.1) is 12.8 Å². The van der Waals surface area contributed by atoms with Crippen LogP contribution in [0.3, 0.4) is 0 Å². The zero-order chi connectivity index (χ0) is 21.5. The lowest BCUT2D eigenvalue weighted by Gasteiger charge is -2.27. The maximum atomic E-state index is 12.9. The van der Waals surface area contributed by atoms with Crippen LogP contribution in [0.1, 0.15) is 61.8 Å². The summed E-state index contributed by atoms with van der Waals surface area (Å²) in [4.78, 5) is 26.5. The molecule has 2 heterocycles. The van der Waals surface area contributed by atoms with Crippen LogP contribution in [0.15, 0.2) is 48.5 Å². The molecule has 1 aliphatic carbocycles. The molecule has 1 aromatic heterocycles. The molecule has 2 aliphatic rings. The third-order valence-corrected chi connectivity index (χ3v) is 7.19. The van der Waals surface area contributed by atoms with Gasteiger partial charge in [-0.25, -0.2) is 4.79 Å². The van der Waals surface area contributed by atoms with Crippen LogP contribution in [-0.4, -0.2) is 11.9 Å². The van der Waals surface area contributed by atoms with Crippen LogP contribution in [0.2, 0.25) is 0 Å². The van der Waals surface area contributed by atoms with Crippen molar-refractivity contribution in [1.29, 1.82) is 0 Å². The smallest absolute Gasteiger partial charge is 0.343 e. The predicted molar refractivity (Wildman–Crippen MR) is 122 cm³/mol. The second-order valence-electron chi connectivity index (χ2n) is 8.43. The average Bonchev–Trinajstić information content (AvgIpc) is 3.12. The van der Waals surface area contributed by atoms with Gasteiger partial charge in [0.05, 0.1) is 11.1 Å². The summed E-state index contributed by atoms with van der Waals surface area (Å²) in [5.41, 5.74) is 4.56. The standard InChI is InChI=1S/C25H24N2O3S/c1-14-3-6-17(7-4-14)25(29)30-18-10-8-16(9-11-18)22-26-23(28)21-19-12-5-15(2)13-20(19)31-24(21)27-22/h3-4,6-11,15,22,27H,5,12-13H2,1-2H3,(H,26,28)/t15-,22-/m0/s1. The molecule has 158 valence electrons. The quantitative estimate of drug-likeness (QED) is 0.438. The molecule has 2 aromatic carbocycles. The highest BCUT2D eigenvalue weighted by atomic mass is 32.1. The Bertz CT molecular complexity index is 1150. The minimum absolute atomic E-state index is 0.0133. The minimum atomic E-state index is -0.389. The molecule has 0 fully saturated rings. The van der Waals surface area contributed by atoms with E-state index in [9.17, 15) is 9.59 Å². The molecule has 5 nitrogen and oxygen atoms in total. The summed E-state index contributed by atoms with van der Waals surface area (Å²) >= 11 is 1.71. The van der Waals surface area contributed by atoms with Gasteiger partial charge in [0, 0.05) is 4.88 Å². The maximum absolute atomic E-state index is 12.9. The zero-order valence-corrected chi connectivity index (χ0v) is 18.3. The van der Waals surface area contributed by atoms with Gasteiger partial charge >= 0.3 is 5.97 Å². The molecule has 1 amide bonds. The summed E-state index contributed by atoms with van der Waals surface area (Å²) in [6, 6.07) is 14.5. The first-order chi connectivity index (χ1) is 15.0. The summed E-state index contributed by atoms with van der Waals surface area (Å²) in [7, 11) is 0. The Kier molecular flexibility index (Phi) is 5.02. The Hall–Kier alpha value is -3.12. The Balaban J connectivity index is 1.31. The van der Waals surface area contributed by atoms with Crippen molar-refractivity contribution in [1.82, 2.24) is 5.32 Å². The van der Waals surface area contributed by atoms with E-state index < -0.39 is 0 Å². The van der Waals surface area contributed by atoms with Crippen LogP contribution in [0.4, 0.5) is 5.00 Å². The molecule has 0 bridgehead atoms. The van der Waals surface area contributed by atoms with Crippen molar-refractivity contribution >= 4 is 28.2 Å². The summed E-state index contributed by atoms with van der Waals surface area (Å²) in [6.45, 7) is 4.24. The number of anilines is 1. The van der Waals surface area contributed by atoms with E-state index in [0.29, 0.717) is 17.2 Å². The lowest BCUT2D eigenvalue weighted by Crippen LogP contribution is -2.38. The van der Waals surface area contributed by atoms with Gasteiger partial charge in [-0.05, 0) is 67.5 Å². The van der Waals surface area contributed by atoms with Gasteiger partial charge in [0.15, 0.2) is 0 Å². The van der Waals surface area contributed by atoms with E-state index in [0.717, 1.165) is 41.0 Å². The molecular weight excluding hydrogens is 408 g/mol. The first-order valence-electron chi connectivity index (χ1n) is 10.6. The van der Waals surface area contributed by atoms with Gasteiger partial charge in [-0.1, -0.05) is 36.8 Å². The number of ether oxygens (including phenoxy) is 1. The van der Waals surface area contributed by atoms with Gasteiger partial charge < -0.3 is 15.4 Å². The van der Waals surface area contributed by atoms with Gasteiger partial charge in [-0.15, -0.1) is 11.3 Å². The summed E-state index contributed by atoms with van der Waals surface area (Å²) < 4.78 is 5.48. The van der Waals surface area contributed by atoms with Gasteiger partial charge in [0.1, 0.15) is 16.9 Å². The van der Waals surface area contributed by atoms with E-state index in [1.54, 1.807) is 35.6 Å². The molecule has 2 N–H and O–H groups in total. The molecule has 3 aromatic rings. The van der Waals surface area contributed by atoms with Crippen molar-refractivity contribution in [2.75, 3.05) is 5.32 Å². The molecule has 0 saturated heterocycles. The van der Waals surface area contributed by atoms with E-state index in [4.69, 9.17) is 4.74 Å². The highest BCUT2D eigenvalue weighted by Gasteiger charge is 2.33. The van der Waals surface area contributed by atoms with Crippen LogP contribution in [0.25, 0.3) is 0 Å². The lowest BCUT2D eigenvalue weighted by atomic mass is 9.88. The number of hydrogen-bond acceptors (Lipinski definition) is 5. The highest BCUT2D eigenvalue weighted by Crippen LogP contribution is 2.42. The van der Waals surface area contributed by atoms with Crippen LogP contribution in [-0.2, 0) is 12.8 Å². The van der Waals surface area contributed by atoms with Crippen molar-refractivity contribution < 1.29 is 14.3 Å². The molecule has 0 saturated carbocycles. The van der Waals surface area contributed by atoms with Crippen molar-refractivity contribution in [3.63, 3.8) is 0 Å². The number of rotatable bonds is 3. The normalized spacial score (nSPS) is 19.6. The molecule has 0 radical (unpaired) electrons. The fourth-order valence-corrected chi connectivity index (χ4v) is 5.65. The number of carbonyl (C=O) groups is 2. The van der Waals surface area contributed by atoms with Gasteiger partial charge in [-0.2, -0.15) is 0 Å². The molecule has 0 unspecified atom stereocenters. The van der Waals surface area contributed by atoms with E-state index in [1.807, 2.05) is 31.2 Å². The number of esters is 1. The topological polar surface area (TPSA) is 67.4 Å². The molecule has 2 atom stereocenters. The molecule has 31 heavy (non-hydrogen) atoms. The van der Waals surface area contributed by atoms with E-state index >= 15 is 0 Å². The summed E-state index contributed by atoms with van der Waals surface area (Å²) in [5.74, 6) is 0.736. The number of aryl methyl sites for hydroxylation is 1. The maximum Gasteiger partial charge on any atom is 0.343 e. The Morgan fingerprint density at radius 1 is 1.06 bits per heavy atom. The minimum Gasteiger partial charge on any atom is -0.423 e. The van der Waals surface area contributed by atoms with Crippen molar-refractivity contribution in [2.24, 2.45) is 5.92 Å². The monoisotopic (exact) mass is 432 g/mol. The second kappa shape index (κ2) is 7.85. The van der Waals surface area contributed by atoms with Crippen LogP contribution >= 0.6 is 11.3 Å². The number of benzene rings is 2. The Labute approximate surface area is 185 Å². The van der Waals surface area contributed by atoms with Crippen LogP contribution in [0.5, 0.6) is 5.75 Å². The third-order valence-electron chi connectivity index (χ3n) is 6.00. The first-order valence-corrected chi connectivity index (χ1v) is 11.4. The van der Waals surface area contributed by atoms with E-state index in [2.05, 4.69) is 17.6 Å². The van der Waals surface area contributed by atoms with E-state index in [-0.39, 0.29) is 18.0 Å². The Morgan fingerprint density at radius 2 is 1.81 bits per heavy atom. The van der Waals surface area contributed by atoms with E-state index in [1.165, 1.54) is 10.4 Å². The van der Waals surface area contributed by atoms with Crippen molar-refractivity contribution in [3.05, 3.63) is 81.2 Å². The predicted octanol–water partition coefficient (Wildman–Crippen LogP) is 5.25. The van der Waals surface area contributed by atoms with Gasteiger partial charge in [0.25, 0.3) is 5.91 Å². The third kappa shape index (κ3) is 3.83. The molecule has 6 heteroatoms. The second-order valence-corrected chi connectivity index (χ2v) is 9.54. The number of amides is 1. The van der Waals surface area contributed by atoms with Crippen molar-refractivity contribution in [3.8, 4) is 5.75 Å². The van der Waals surface area contributed by atoms with Crippen LogP contribution < -0.4 is 15.4 Å². The summed E-state index contributed by atoms with van der Waals surface area (Å²) in [5, 5.41) is 7.52. The average molecular weight is 433 g/mol. The molecule has 1 aliphatic heterocycles. The fourth-order valence-electron chi connectivity index (χ4n) is 4.21. The zero-order valence-electron chi connectivity index (χ0n) is 17.5. The molecule has 0 spiro atoms. The number of nitrogens with one attached hydrogen (secondary N) is 2. The first kappa shape index (κ1) is 19.8. The number of fused-ring (bicyclic) bond motifs is 3. The summed E-state index contributed by atoms with van der Waals surface area (Å²) in [6.07, 6.45) is 2.85. The van der Waals surface area contributed by atoms with Gasteiger partial charge in [0.2, 0.25) is 0 Å².